The normalized spacial score (nSPS) is 10.5. The molecule has 7 heteroatoms. The first-order chi connectivity index (χ1) is 14.4. The van der Waals surface area contributed by atoms with Crippen LogP contribution in [0.15, 0.2) is 53.3 Å². The number of methoxy groups -OCH3 is 1. The Morgan fingerprint density at radius 2 is 1.87 bits per heavy atom. The van der Waals surface area contributed by atoms with Crippen molar-refractivity contribution in [2.45, 2.75) is 19.9 Å². The molecule has 0 saturated heterocycles. The summed E-state index contributed by atoms with van der Waals surface area (Å²) in [5.74, 6) is -1.45. The fourth-order valence-corrected chi connectivity index (χ4v) is 3.24. The fourth-order valence-electron chi connectivity index (χ4n) is 3.24. The summed E-state index contributed by atoms with van der Waals surface area (Å²) in [6, 6.07) is 14.3. The number of aromatic hydroxyl groups is 1. The number of aryl methyl sites for hydroxylation is 1. The largest absolute Gasteiger partial charge is 0.497 e. The lowest BCUT2D eigenvalue weighted by atomic mass is 9.97. The van der Waals surface area contributed by atoms with Gasteiger partial charge < -0.3 is 9.84 Å². The average molecular weight is 406 g/mol. The maximum atomic E-state index is 14.1. The van der Waals surface area contributed by atoms with Crippen molar-refractivity contribution in [1.82, 2.24) is 4.57 Å². The Morgan fingerprint density at radius 1 is 1.20 bits per heavy atom. The molecule has 0 bridgehead atoms. The van der Waals surface area contributed by atoms with Gasteiger partial charge in [-0.2, -0.15) is 5.26 Å². The Kier molecular flexibility index (Phi) is 5.98. The quantitative estimate of drug-likeness (QED) is 0.634. The maximum absolute atomic E-state index is 14.1. The molecule has 0 aliphatic heterocycles. The molecule has 1 aromatic heterocycles. The topological polar surface area (TPSA) is 92.3 Å². The van der Waals surface area contributed by atoms with E-state index in [2.05, 4.69) is 0 Å². The lowest BCUT2D eigenvalue weighted by Gasteiger charge is -2.16. The zero-order valence-electron chi connectivity index (χ0n) is 16.5. The molecule has 0 unspecified atom stereocenters. The van der Waals surface area contributed by atoms with Crippen LogP contribution < -0.4 is 10.3 Å². The van der Waals surface area contributed by atoms with Crippen LogP contribution in [0.25, 0.3) is 0 Å². The molecule has 1 N–H and O–H groups in total. The summed E-state index contributed by atoms with van der Waals surface area (Å²) < 4.78 is 20.2. The molecule has 0 radical (unpaired) electrons. The van der Waals surface area contributed by atoms with E-state index in [1.54, 1.807) is 25.3 Å². The van der Waals surface area contributed by atoms with Gasteiger partial charge in [0.15, 0.2) is 0 Å². The molecular weight excluding hydrogens is 387 g/mol. The third kappa shape index (κ3) is 3.80. The van der Waals surface area contributed by atoms with Gasteiger partial charge in [0, 0.05) is 6.54 Å². The van der Waals surface area contributed by atoms with Gasteiger partial charge in [0.1, 0.15) is 23.2 Å². The van der Waals surface area contributed by atoms with Gasteiger partial charge in [-0.25, -0.2) is 4.39 Å². The number of hydrogen-bond acceptors (Lipinski definition) is 5. The predicted octanol–water partition coefficient (Wildman–Crippen LogP) is 3.36. The molecule has 0 saturated carbocycles. The maximum Gasteiger partial charge on any atom is 0.271 e. The van der Waals surface area contributed by atoms with Gasteiger partial charge in [-0.3, -0.25) is 14.2 Å². The SMILES string of the molecule is COc1ccc(CCn2c(O)c(C(=O)c3ccccc3F)c(C)c(C#N)c2=O)cc1. The second-order valence-electron chi connectivity index (χ2n) is 6.67. The minimum atomic E-state index is -0.794. The van der Waals surface area contributed by atoms with Gasteiger partial charge in [0.25, 0.3) is 5.56 Å². The second kappa shape index (κ2) is 8.62. The molecule has 30 heavy (non-hydrogen) atoms. The Balaban J connectivity index is 2.06. The van der Waals surface area contributed by atoms with Crippen molar-refractivity contribution in [1.29, 1.82) is 5.26 Å². The van der Waals surface area contributed by atoms with Crippen LogP contribution in [0.2, 0.25) is 0 Å². The van der Waals surface area contributed by atoms with Crippen molar-refractivity contribution >= 4 is 5.78 Å². The summed E-state index contributed by atoms with van der Waals surface area (Å²) in [6.07, 6.45) is 0.360. The Labute approximate surface area is 172 Å². The number of carbonyl (C=O) groups is 1. The summed E-state index contributed by atoms with van der Waals surface area (Å²) in [5, 5.41) is 20.2. The number of benzene rings is 2. The molecule has 3 rings (SSSR count). The highest BCUT2D eigenvalue weighted by atomic mass is 19.1. The highest BCUT2D eigenvalue weighted by Crippen LogP contribution is 2.26. The number of rotatable bonds is 6. The molecule has 0 amide bonds. The smallest absolute Gasteiger partial charge is 0.271 e. The minimum absolute atomic E-state index is 0.0222. The summed E-state index contributed by atoms with van der Waals surface area (Å²) in [4.78, 5) is 25.7. The van der Waals surface area contributed by atoms with Crippen LogP contribution in [0.1, 0.15) is 32.6 Å². The van der Waals surface area contributed by atoms with Gasteiger partial charge in [-0.05, 0) is 48.7 Å². The average Bonchev–Trinajstić information content (AvgIpc) is 2.74. The Morgan fingerprint density at radius 3 is 2.47 bits per heavy atom. The molecule has 0 aliphatic rings. The lowest BCUT2D eigenvalue weighted by molar-refractivity contribution is 0.103. The number of ether oxygens (including phenoxy) is 1. The molecule has 0 spiro atoms. The summed E-state index contributed by atoms with van der Waals surface area (Å²) in [6.45, 7) is 1.42. The lowest BCUT2D eigenvalue weighted by Crippen LogP contribution is -2.27. The van der Waals surface area contributed by atoms with E-state index in [0.29, 0.717) is 12.2 Å². The highest BCUT2D eigenvalue weighted by molar-refractivity contribution is 6.11. The zero-order valence-corrected chi connectivity index (χ0v) is 16.5. The predicted molar refractivity (Wildman–Crippen MR) is 108 cm³/mol. The molecular formula is C23H19FN2O4. The van der Waals surface area contributed by atoms with Crippen molar-refractivity contribution in [3.63, 3.8) is 0 Å². The molecule has 2 aromatic carbocycles. The number of ketones is 1. The standard InChI is InChI=1S/C23H19FN2O4/c1-14-18(13-25)22(28)26(12-11-15-7-9-16(30-2)10-8-15)23(29)20(14)21(27)17-5-3-4-6-19(17)24/h3-10,29H,11-12H2,1-2H3. The molecule has 0 aliphatic carbocycles. The van der Waals surface area contributed by atoms with Crippen LogP contribution in [-0.4, -0.2) is 22.6 Å². The van der Waals surface area contributed by atoms with Crippen LogP contribution in [-0.2, 0) is 13.0 Å². The van der Waals surface area contributed by atoms with E-state index >= 15 is 0 Å². The third-order valence-corrected chi connectivity index (χ3v) is 4.93. The van der Waals surface area contributed by atoms with E-state index in [1.807, 2.05) is 12.1 Å². The number of nitrogens with zero attached hydrogens (tertiary/aromatic N) is 2. The monoisotopic (exact) mass is 406 g/mol. The third-order valence-electron chi connectivity index (χ3n) is 4.93. The highest BCUT2D eigenvalue weighted by Gasteiger charge is 2.26. The summed E-state index contributed by atoms with van der Waals surface area (Å²) >= 11 is 0. The van der Waals surface area contributed by atoms with E-state index < -0.39 is 23.0 Å². The van der Waals surface area contributed by atoms with Gasteiger partial charge in [0.2, 0.25) is 11.7 Å². The van der Waals surface area contributed by atoms with Crippen LogP contribution in [0, 0.1) is 24.1 Å². The first kappa shape index (κ1) is 20.8. The number of carbonyl (C=O) groups excluding carboxylic acids is 1. The van der Waals surface area contributed by atoms with Crippen molar-refractivity contribution in [2.75, 3.05) is 7.11 Å². The summed E-state index contributed by atoms with van der Waals surface area (Å²) in [5.41, 5.74) is -0.587. The number of halogens is 1. The van der Waals surface area contributed by atoms with Crippen molar-refractivity contribution in [2.24, 2.45) is 0 Å². The molecule has 152 valence electrons. The number of pyridine rings is 1. The van der Waals surface area contributed by atoms with Crippen LogP contribution in [0.5, 0.6) is 11.6 Å². The van der Waals surface area contributed by atoms with E-state index in [1.165, 1.54) is 25.1 Å². The van der Waals surface area contributed by atoms with E-state index in [0.717, 1.165) is 16.2 Å². The number of nitriles is 1. The molecule has 0 atom stereocenters. The molecule has 0 fully saturated rings. The van der Waals surface area contributed by atoms with E-state index in [9.17, 15) is 24.3 Å². The first-order valence-electron chi connectivity index (χ1n) is 9.17. The first-order valence-corrected chi connectivity index (χ1v) is 9.17. The van der Waals surface area contributed by atoms with Crippen molar-refractivity contribution in [3.05, 3.63) is 92.5 Å². The minimum Gasteiger partial charge on any atom is -0.497 e. The van der Waals surface area contributed by atoms with Gasteiger partial charge >= 0.3 is 0 Å². The summed E-state index contributed by atoms with van der Waals surface area (Å²) in [7, 11) is 1.55. The Hall–Kier alpha value is -3.92. The van der Waals surface area contributed by atoms with Gasteiger partial charge in [0.05, 0.1) is 18.2 Å². The molecule has 6 nitrogen and oxygen atoms in total. The number of aromatic nitrogens is 1. The fraction of sp³-hybridized carbons (Fsp3) is 0.174. The van der Waals surface area contributed by atoms with Crippen molar-refractivity contribution in [3.8, 4) is 17.7 Å². The number of hydrogen-bond donors (Lipinski definition) is 1. The van der Waals surface area contributed by atoms with Crippen LogP contribution in [0.4, 0.5) is 4.39 Å². The van der Waals surface area contributed by atoms with E-state index in [4.69, 9.17) is 4.74 Å². The second-order valence-corrected chi connectivity index (χ2v) is 6.67. The van der Waals surface area contributed by atoms with Crippen LogP contribution >= 0.6 is 0 Å². The van der Waals surface area contributed by atoms with Gasteiger partial charge in [-0.15, -0.1) is 0 Å². The van der Waals surface area contributed by atoms with Crippen molar-refractivity contribution < 1.29 is 19.0 Å². The molecule has 3 aromatic rings. The van der Waals surface area contributed by atoms with Gasteiger partial charge in [-0.1, -0.05) is 24.3 Å². The van der Waals surface area contributed by atoms with Crippen LogP contribution in [0.3, 0.4) is 0 Å². The zero-order chi connectivity index (χ0) is 21.8. The van der Waals surface area contributed by atoms with E-state index in [-0.39, 0.29) is 28.8 Å². The Bertz CT molecular complexity index is 1210. The molecule has 1 heterocycles.